The zero-order valence-electron chi connectivity index (χ0n) is 22.8. The predicted octanol–water partition coefficient (Wildman–Crippen LogP) is 5.95. The van der Waals surface area contributed by atoms with E-state index in [1.807, 2.05) is 53.7 Å². The summed E-state index contributed by atoms with van der Waals surface area (Å²) in [6.07, 6.45) is 2.27. The summed E-state index contributed by atoms with van der Waals surface area (Å²) in [7, 11) is 0. The number of rotatable bonds is 9. The molecule has 1 heterocycles. The Labute approximate surface area is 214 Å². The minimum absolute atomic E-state index is 0.204. The van der Waals surface area contributed by atoms with Gasteiger partial charge in [0.2, 0.25) is 5.95 Å². The molecule has 2 unspecified atom stereocenters. The monoisotopic (exact) mass is 492 g/mol. The Morgan fingerprint density at radius 3 is 2.17 bits per heavy atom. The van der Waals surface area contributed by atoms with Crippen LogP contribution in [0.15, 0.2) is 42.7 Å². The Bertz CT molecular complexity index is 1180. The van der Waals surface area contributed by atoms with Crippen molar-refractivity contribution >= 4 is 11.9 Å². The van der Waals surface area contributed by atoms with Gasteiger partial charge >= 0.3 is 0 Å². The van der Waals surface area contributed by atoms with E-state index in [-0.39, 0.29) is 22.8 Å². The van der Waals surface area contributed by atoms with Crippen LogP contribution in [0, 0.1) is 19.3 Å². The van der Waals surface area contributed by atoms with Crippen molar-refractivity contribution in [2.45, 2.75) is 85.9 Å². The smallest absolute Gasteiger partial charge is 0.258 e. The van der Waals surface area contributed by atoms with E-state index in [9.17, 15) is 9.90 Å². The van der Waals surface area contributed by atoms with Gasteiger partial charge in [-0.15, -0.1) is 0 Å². The van der Waals surface area contributed by atoms with Crippen molar-refractivity contribution in [2.24, 2.45) is 5.41 Å². The van der Waals surface area contributed by atoms with Gasteiger partial charge in [0.1, 0.15) is 18.2 Å². The van der Waals surface area contributed by atoms with Crippen LogP contribution in [0.1, 0.15) is 87.0 Å². The second-order valence-electron chi connectivity index (χ2n) is 10.7. The molecule has 0 saturated carbocycles. The first-order valence-electron chi connectivity index (χ1n) is 12.7. The number of nitrogens with one attached hydrogen (secondary N) is 2. The zero-order chi connectivity index (χ0) is 26.7. The third kappa shape index (κ3) is 5.62. The molecule has 2 aromatic carbocycles. The highest BCUT2D eigenvalue weighted by molar-refractivity contribution is 6.04. The summed E-state index contributed by atoms with van der Waals surface area (Å²) in [5, 5.41) is 19.8. The molecule has 0 saturated heterocycles. The number of anilines is 1. The summed E-state index contributed by atoms with van der Waals surface area (Å²) in [5.41, 5.74) is 4.45. The van der Waals surface area contributed by atoms with Crippen molar-refractivity contribution in [1.29, 1.82) is 0 Å². The van der Waals surface area contributed by atoms with Gasteiger partial charge in [-0.3, -0.25) is 10.1 Å². The van der Waals surface area contributed by atoms with Crippen LogP contribution >= 0.6 is 0 Å². The molecule has 0 aliphatic rings. The number of nitrogens with zero attached hydrogens (tertiary/aromatic N) is 2. The summed E-state index contributed by atoms with van der Waals surface area (Å²) >= 11 is 0. The van der Waals surface area contributed by atoms with E-state index >= 15 is 0 Å². The Hall–Kier alpha value is -3.19. The lowest BCUT2D eigenvalue weighted by Crippen LogP contribution is -2.39. The molecule has 1 amide bonds. The molecular weight excluding hydrogens is 452 g/mol. The van der Waals surface area contributed by atoms with E-state index in [2.05, 4.69) is 58.6 Å². The molecule has 3 N–H and O–H groups in total. The van der Waals surface area contributed by atoms with Crippen LogP contribution < -0.4 is 10.1 Å². The summed E-state index contributed by atoms with van der Waals surface area (Å²) in [5.74, 6) is 0.881. The second-order valence-corrected chi connectivity index (χ2v) is 10.7. The number of carbonyl (C=O) groups excluding carboxylic acids is 1. The maximum atomic E-state index is 12.8. The fourth-order valence-electron chi connectivity index (χ4n) is 4.94. The molecule has 194 valence electrons. The normalized spacial score (nSPS) is 13.8. The van der Waals surface area contributed by atoms with Crippen molar-refractivity contribution in [3.63, 3.8) is 0 Å². The van der Waals surface area contributed by atoms with Gasteiger partial charge in [0.05, 0.1) is 6.10 Å². The third-order valence-electron chi connectivity index (χ3n) is 7.25. The van der Waals surface area contributed by atoms with Crippen molar-refractivity contribution in [1.82, 2.24) is 15.2 Å². The molecule has 1 aromatic heterocycles. The number of aliphatic hydroxyl groups is 1. The highest BCUT2D eigenvalue weighted by Gasteiger charge is 2.33. The topological polar surface area (TPSA) is 100 Å². The number of hydrogen-bond acceptors (Lipinski definition) is 5. The largest absolute Gasteiger partial charge is 0.488 e. The SMILES string of the molecule is CCC(CC)(c1ccc(OC(C)C(O)C(C)(C)C)c(C)c1)c1ccc(C(=O)Nc2ncn[nH]2)c(C)c1. The maximum absolute atomic E-state index is 12.8. The fraction of sp³-hybridized carbons (Fsp3) is 0.483. The summed E-state index contributed by atoms with van der Waals surface area (Å²) in [4.78, 5) is 16.7. The Kier molecular flexibility index (Phi) is 8.24. The number of benzene rings is 2. The van der Waals surface area contributed by atoms with Crippen molar-refractivity contribution in [2.75, 3.05) is 5.32 Å². The lowest BCUT2D eigenvalue weighted by molar-refractivity contribution is -0.0234. The van der Waals surface area contributed by atoms with Crippen molar-refractivity contribution in [3.8, 4) is 5.75 Å². The van der Waals surface area contributed by atoms with E-state index in [1.54, 1.807) is 0 Å². The number of aryl methyl sites for hydroxylation is 2. The van der Waals surface area contributed by atoms with Crippen LogP contribution in [0.2, 0.25) is 0 Å². The fourth-order valence-corrected chi connectivity index (χ4v) is 4.94. The number of hydrogen-bond donors (Lipinski definition) is 3. The zero-order valence-corrected chi connectivity index (χ0v) is 22.8. The highest BCUT2D eigenvalue weighted by Crippen LogP contribution is 2.41. The number of aromatic amines is 1. The van der Waals surface area contributed by atoms with Crippen LogP contribution in [0.3, 0.4) is 0 Å². The number of H-pyrrole nitrogens is 1. The van der Waals surface area contributed by atoms with Crippen LogP contribution in [0.4, 0.5) is 5.95 Å². The average molecular weight is 493 g/mol. The molecule has 0 aliphatic carbocycles. The van der Waals surface area contributed by atoms with E-state index in [0.717, 1.165) is 29.7 Å². The maximum Gasteiger partial charge on any atom is 0.258 e. The molecule has 0 aliphatic heterocycles. The first-order chi connectivity index (χ1) is 16.9. The molecule has 0 spiro atoms. The molecule has 0 bridgehead atoms. The number of carbonyl (C=O) groups is 1. The molecular formula is C29H40N4O3. The van der Waals surface area contributed by atoms with Gasteiger partial charge in [0.25, 0.3) is 5.91 Å². The second kappa shape index (κ2) is 10.8. The van der Waals surface area contributed by atoms with Crippen LogP contribution in [-0.4, -0.2) is 38.4 Å². The van der Waals surface area contributed by atoms with E-state index in [0.29, 0.717) is 11.5 Å². The predicted molar refractivity (Wildman–Crippen MR) is 144 cm³/mol. The van der Waals surface area contributed by atoms with Gasteiger partial charge in [0, 0.05) is 11.0 Å². The van der Waals surface area contributed by atoms with Crippen LogP contribution in [0.25, 0.3) is 0 Å². The third-order valence-corrected chi connectivity index (χ3v) is 7.25. The first-order valence-corrected chi connectivity index (χ1v) is 12.7. The van der Waals surface area contributed by atoms with Gasteiger partial charge in [-0.1, -0.05) is 58.9 Å². The minimum atomic E-state index is -0.579. The summed E-state index contributed by atoms with van der Waals surface area (Å²) in [6, 6.07) is 12.4. The number of aliphatic hydroxyl groups excluding tert-OH is 1. The molecule has 3 aromatic rings. The van der Waals surface area contributed by atoms with E-state index in [1.165, 1.54) is 17.5 Å². The minimum Gasteiger partial charge on any atom is -0.488 e. The van der Waals surface area contributed by atoms with Gasteiger partial charge in [0.15, 0.2) is 0 Å². The first kappa shape index (κ1) is 27.4. The molecule has 3 rings (SSSR count). The molecule has 2 atom stereocenters. The Balaban J connectivity index is 1.90. The Morgan fingerprint density at radius 2 is 1.67 bits per heavy atom. The molecule has 36 heavy (non-hydrogen) atoms. The highest BCUT2D eigenvalue weighted by atomic mass is 16.5. The van der Waals surface area contributed by atoms with Crippen LogP contribution in [-0.2, 0) is 5.41 Å². The van der Waals surface area contributed by atoms with E-state index in [4.69, 9.17) is 4.74 Å². The van der Waals surface area contributed by atoms with Crippen molar-refractivity contribution < 1.29 is 14.6 Å². The molecule has 0 radical (unpaired) electrons. The molecule has 7 nitrogen and oxygen atoms in total. The van der Waals surface area contributed by atoms with Gasteiger partial charge < -0.3 is 9.84 Å². The van der Waals surface area contributed by atoms with E-state index < -0.39 is 6.10 Å². The molecule has 0 fully saturated rings. The van der Waals surface area contributed by atoms with Gasteiger partial charge in [-0.2, -0.15) is 10.1 Å². The van der Waals surface area contributed by atoms with Gasteiger partial charge in [-0.25, -0.2) is 5.10 Å². The summed E-state index contributed by atoms with van der Waals surface area (Å²) in [6.45, 7) is 16.3. The lowest BCUT2D eigenvalue weighted by atomic mass is 9.70. The Morgan fingerprint density at radius 1 is 1.06 bits per heavy atom. The summed E-state index contributed by atoms with van der Waals surface area (Å²) < 4.78 is 6.17. The lowest BCUT2D eigenvalue weighted by Gasteiger charge is -2.35. The quantitative estimate of drug-likeness (QED) is 0.342. The number of aromatic nitrogens is 3. The van der Waals surface area contributed by atoms with Crippen LogP contribution in [0.5, 0.6) is 5.75 Å². The number of amides is 1. The van der Waals surface area contributed by atoms with Crippen molar-refractivity contribution in [3.05, 3.63) is 70.5 Å². The molecule has 7 heteroatoms. The average Bonchev–Trinajstić information content (AvgIpc) is 3.33. The van der Waals surface area contributed by atoms with Gasteiger partial charge in [-0.05, 0) is 73.4 Å². The number of ether oxygens (including phenoxy) is 1. The standard InChI is InChI=1S/C29H40N4O3/c1-9-29(10-2,21-11-13-23(18(3)15-21)26(35)32-27-30-17-31-33-27)22-12-14-24(19(4)16-22)36-20(5)25(34)28(6,7)8/h11-17,20,25,34H,9-10H2,1-8H3,(H2,30,31,32,33,35).